The molecule has 4 heteroatoms. The molecule has 1 heterocycles. The lowest BCUT2D eigenvalue weighted by atomic mass is 9.87. The van der Waals surface area contributed by atoms with Crippen molar-refractivity contribution in [3.05, 3.63) is 11.7 Å². The summed E-state index contributed by atoms with van der Waals surface area (Å²) in [5.74, 6) is 1.87. The molecular formula is C13H22N2O2. The highest BCUT2D eigenvalue weighted by molar-refractivity contribution is 4.99. The molecule has 1 unspecified atom stereocenters. The van der Waals surface area contributed by atoms with E-state index in [0.29, 0.717) is 18.2 Å². The fourth-order valence-electron chi connectivity index (χ4n) is 2.17. The maximum Gasteiger partial charge on any atom is 0.229 e. The fraction of sp³-hybridized carbons (Fsp3) is 0.846. The summed E-state index contributed by atoms with van der Waals surface area (Å²) in [7, 11) is 0. The molecule has 0 amide bonds. The van der Waals surface area contributed by atoms with Gasteiger partial charge < -0.3 is 9.63 Å². The number of rotatable bonds is 3. The van der Waals surface area contributed by atoms with Crippen molar-refractivity contribution in [1.29, 1.82) is 0 Å². The van der Waals surface area contributed by atoms with Crippen LogP contribution in [0, 0.1) is 5.41 Å². The van der Waals surface area contributed by atoms with Crippen molar-refractivity contribution in [1.82, 2.24) is 10.1 Å². The number of nitrogens with zero attached hydrogens (tertiary/aromatic N) is 2. The van der Waals surface area contributed by atoms with Gasteiger partial charge in [0.05, 0.1) is 12.5 Å². The number of aliphatic hydroxyl groups is 1. The molecule has 0 aromatic carbocycles. The van der Waals surface area contributed by atoms with E-state index in [1.54, 1.807) is 0 Å². The fourth-order valence-corrected chi connectivity index (χ4v) is 2.17. The minimum atomic E-state index is -0.445. The van der Waals surface area contributed by atoms with E-state index < -0.39 is 6.10 Å². The van der Waals surface area contributed by atoms with E-state index in [1.165, 1.54) is 25.7 Å². The largest absolute Gasteiger partial charge is 0.392 e. The van der Waals surface area contributed by atoms with Gasteiger partial charge in [-0.2, -0.15) is 4.98 Å². The van der Waals surface area contributed by atoms with Gasteiger partial charge in [0.25, 0.3) is 0 Å². The van der Waals surface area contributed by atoms with E-state index in [4.69, 9.17) is 4.52 Å². The van der Waals surface area contributed by atoms with Crippen LogP contribution in [0.4, 0.5) is 0 Å². The van der Waals surface area contributed by atoms with Crippen LogP contribution in [0.5, 0.6) is 0 Å². The molecular weight excluding hydrogens is 216 g/mol. The van der Waals surface area contributed by atoms with Gasteiger partial charge in [-0.15, -0.1) is 0 Å². The topological polar surface area (TPSA) is 59.2 Å². The van der Waals surface area contributed by atoms with E-state index >= 15 is 0 Å². The van der Waals surface area contributed by atoms with Gasteiger partial charge in [0.2, 0.25) is 5.89 Å². The molecule has 0 bridgehead atoms. The lowest BCUT2D eigenvalue weighted by molar-refractivity contribution is 0.0565. The highest BCUT2D eigenvalue weighted by Crippen LogP contribution is 2.32. The summed E-state index contributed by atoms with van der Waals surface area (Å²) >= 11 is 0. The Morgan fingerprint density at radius 3 is 2.59 bits per heavy atom. The third-order valence-electron chi connectivity index (χ3n) is 3.57. The van der Waals surface area contributed by atoms with E-state index in [-0.39, 0.29) is 5.41 Å². The second kappa shape index (κ2) is 4.77. The Hall–Kier alpha value is -0.900. The summed E-state index contributed by atoms with van der Waals surface area (Å²) in [5, 5.41) is 14.0. The molecule has 0 aliphatic heterocycles. The standard InChI is InChI=1S/C13H22N2O2/c1-13(2,3)10(16)8-11-14-12(15-17-11)9-6-4-5-7-9/h9-10,16H,4-8H2,1-3H3. The molecule has 1 N–H and O–H groups in total. The van der Waals surface area contributed by atoms with Crippen LogP contribution in [0.1, 0.15) is 64.1 Å². The van der Waals surface area contributed by atoms with Crippen molar-refractivity contribution in [3.63, 3.8) is 0 Å². The molecule has 0 saturated heterocycles. The molecule has 0 spiro atoms. The van der Waals surface area contributed by atoms with Gasteiger partial charge in [-0.3, -0.25) is 0 Å². The zero-order valence-corrected chi connectivity index (χ0v) is 10.9. The van der Waals surface area contributed by atoms with Crippen LogP contribution in [0.2, 0.25) is 0 Å². The second-order valence-electron chi connectivity index (χ2n) is 6.11. The minimum Gasteiger partial charge on any atom is -0.392 e. The first kappa shape index (κ1) is 12.6. The Balaban J connectivity index is 1.98. The zero-order valence-electron chi connectivity index (χ0n) is 10.9. The van der Waals surface area contributed by atoms with E-state index in [9.17, 15) is 5.11 Å². The zero-order chi connectivity index (χ0) is 12.5. The van der Waals surface area contributed by atoms with Gasteiger partial charge in [0.1, 0.15) is 0 Å². The average Bonchev–Trinajstić information content (AvgIpc) is 2.83. The molecule has 2 rings (SSSR count). The summed E-state index contributed by atoms with van der Waals surface area (Å²) in [4.78, 5) is 4.41. The quantitative estimate of drug-likeness (QED) is 0.879. The third kappa shape index (κ3) is 3.06. The van der Waals surface area contributed by atoms with Gasteiger partial charge >= 0.3 is 0 Å². The Kier molecular flexibility index (Phi) is 3.52. The van der Waals surface area contributed by atoms with Crippen molar-refractivity contribution in [2.24, 2.45) is 5.41 Å². The molecule has 1 aromatic rings. The predicted octanol–water partition coefficient (Wildman–Crippen LogP) is 2.68. The van der Waals surface area contributed by atoms with E-state index in [0.717, 1.165) is 5.82 Å². The van der Waals surface area contributed by atoms with Crippen LogP contribution >= 0.6 is 0 Å². The summed E-state index contributed by atoms with van der Waals surface area (Å²) in [5.41, 5.74) is -0.151. The maximum absolute atomic E-state index is 9.99. The molecule has 96 valence electrons. The summed E-state index contributed by atoms with van der Waals surface area (Å²) in [6.45, 7) is 6.02. The van der Waals surface area contributed by atoms with E-state index in [2.05, 4.69) is 10.1 Å². The van der Waals surface area contributed by atoms with Crippen molar-refractivity contribution in [2.75, 3.05) is 0 Å². The first-order chi connectivity index (χ1) is 7.97. The van der Waals surface area contributed by atoms with Crippen LogP contribution in [-0.2, 0) is 6.42 Å². The highest BCUT2D eigenvalue weighted by atomic mass is 16.5. The minimum absolute atomic E-state index is 0.151. The summed E-state index contributed by atoms with van der Waals surface area (Å²) in [6, 6.07) is 0. The van der Waals surface area contributed by atoms with Crippen molar-refractivity contribution < 1.29 is 9.63 Å². The lowest BCUT2D eigenvalue weighted by Gasteiger charge is -2.24. The molecule has 1 atom stereocenters. The van der Waals surface area contributed by atoms with Gasteiger partial charge in [-0.1, -0.05) is 38.8 Å². The molecule has 17 heavy (non-hydrogen) atoms. The predicted molar refractivity (Wildman–Crippen MR) is 64.7 cm³/mol. The second-order valence-corrected chi connectivity index (χ2v) is 6.11. The van der Waals surface area contributed by atoms with Crippen LogP contribution < -0.4 is 0 Å². The molecule has 1 aromatic heterocycles. The van der Waals surface area contributed by atoms with Crippen molar-refractivity contribution in [2.45, 2.75) is 64.9 Å². The Morgan fingerprint density at radius 1 is 1.35 bits per heavy atom. The van der Waals surface area contributed by atoms with Gasteiger partial charge in [-0.25, -0.2) is 0 Å². The van der Waals surface area contributed by atoms with Crippen LogP contribution in [0.15, 0.2) is 4.52 Å². The highest BCUT2D eigenvalue weighted by Gasteiger charge is 2.26. The average molecular weight is 238 g/mol. The normalized spacial score (nSPS) is 19.8. The SMILES string of the molecule is CC(C)(C)C(O)Cc1nc(C2CCCC2)no1. The molecule has 0 radical (unpaired) electrons. The Bertz CT molecular complexity index is 362. The molecule has 1 fully saturated rings. The third-order valence-corrected chi connectivity index (χ3v) is 3.57. The smallest absolute Gasteiger partial charge is 0.229 e. The molecule has 1 aliphatic carbocycles. The lowest BCUT2D eigenvalue weighted by Crippen LogP contribution is -2.28. The first-order valence-corrected chi connectivity index (χ1v) is 6.47. The first-order valence-electron chi connectivity index (χ1n) is 6.47. The maximum atomic E-state index is 9.99. The van der Waals surface area contributed by atoms with E-state index in [1.807, 2.05) is 20.8 Å². The van der Waals surface area contributed by atoms with Crippen LogP contribution in [0.25, 0.3) is 0 Å². The van der Waals surface area contributed by atoms with Crippen LogP contribution in [0.3, 0.4) is 0 Å². The number of hydrogen-bond donors (Lipinski definition) is 1. The van der Waals surface area contributed by atoms with Crippen molar-refractivity contribution >= 4 is 0 Å². The summed E-state index contributed by atoms with van der Waals surface area (Å²) < 4.78 is 5.22. The van der Waals surface area contributed by atoms with Crippen LogP contribution in [-0.4, -0.2) is 21.4 Å². The Labute approximate surface area is 102 Å². The number of aromatic nitrogens is 2. The monoisotopic (exact) mass is 238 g/mol. The van der Waals surface area contributed by atoms with Gasteiger partial charge in [0.15, 0.2) is 5.82 Å². The van der Waals surface area contributed by atoms with Gasteiger partial charge in [-0.05, 0) is 18.3 Å². The number of hydrogen-bond acceptors (Lipinski definition) is 4. The summed E-state index contributed by atoms with van der Waals surface area (Å²) in [6.07, 6.45) is 4.86. The molecule has 1 aliphatic rings. The van der Waals surface area contributed by atoms with Crippen molar-refractivity contribution in [3.8, 4) is 0 Å². The number of aliphatic hydroxyl groups excluding tert-OH is 1. The van der Waals surface area contributed by atoms with Gasteiger partial charge in [0, 0.05) is 5.92 Å². The molecule has 1 saturated carbocycles. The molecule has 4 nitrogen and oxygen atoms in total. The Morgan fingerprint density at radius 2 is 2.00 bits per heavy atom.